The Morgan fingerprint density at radius 3 is 1.67 bits per heavy atom. The van der Waals surface area contributed by atoms with Crippen LogP contribution in [0, 0.1) is 0 Å². The van der Waals surface area contributed by atoms with E-state index in [-0.39, 0.29) is 24.2 Å². The van der Waals surface area contributed by atoms with E-state index in [0.29, 0.717) is 77.5 Å². The van der Waals surface area contributed by atoms with Crippen LogP contribution in [0.2, 0.25) is 0 Å². The number of amides is 4. The summed E-state index contributed by atoms with van der Waals surface area (Å²) >= 11 is 11.8. The van der Waals surface area contributed by atoms with Crippen molar-refractivity contribution in [2.24, 2.45) is 26.1 Å². The Morgan fingerprint density at radius 2 is 1.22 bits per heavy atom. The highest BCUT2D eigenvalue weighted by atomic mass is 35.5. The Morgan fingerprint density at radius 1 is 0.745 bits per heavy atom. The molecular formula is C34H41Cl3N10O4. The number of anilines is 4. The monoisotopic (exact) mass is 758 g/mol. The van der Waals surface area contributed by atoms with Crippen LogP contribution in [0.15, 0.2) is 66.0 Å². The molecule has 0 spiro atoms. The lowest BCUT2D eigenvalue weighted by Gasteiger charge is -2.22. The van der Waals surface area contributed by atoms with E-state index in [2.05, 4.69) is 31.6 Å². The van der Waals surface area contributed by atoms with Gasteiger partial charge in [-0.05, 0) is 42.5 Å². The van der Waals surface area contributed by atoms with Crippen molar-refractivity contribution in [2.75, 3.05) is 65.3 Å². The molecule has 0 unspecified atom stereocenters. The number of amidine groups is 1. The van der Waals surface area contributed by atoms with E-state index in [1.54, 1.807) is 83.8 Å². The minimum absolute atomic E-state index is 0. The topological polar surface area (TPSA) is 159 Å². The van der Waals surface area contributed by atoms with Crippen LogP contribution in [0.25, 0.3) is 0 Å². The Labute approximate surface area is 312 Å². The van der Waals surface area contributed by atoms with Gasteiger partial charge in [-0.1, -0.05) is 0 Å². The average Bonchev–Trinajstić information content (AvgIpc) is 3.89. The highest BCUT2D eigenvalue weighted by Gasteiger charge is 2.19. The molecule has 14 nitrogen and oxygen atoms in total. The molecule has 0 saturated heterocycles. The van der Waals surface area contributed by atoms with Gasteiger partial charge in [-0.3, -0.25) is 24.2 Å². The summed E-state index contributed by atoms with van der Waals surface area (Å²) < 4.78 is 4.83. The molecule has 51 heavy (non-hydrogen) atoms. The van der Waals surface area contributed by atoms with E-state index < -0.39 is 11.8 Å². The zero-order valence-electron chi connectivity index (χ0n) is 28.5. The molecule has 1 aliphatic rings. The predicted octanol–water partition coefficient (Wildman–Crippen LogP) is 4.29. The third kappa shape index (κ3) is 9.87. The lowest BCUT2D eigenvalue weighted by molar-refractivity contribution is 0.0944. The number of benzene rings is 1. The summed E-state index contributed by atoms with van der Waals surface area (Å²) in [6.07, 6.45) is 5.54. The second kappa shape index (κ2) is 17.8. The van der Waals surface area contributed by atoms with Crippen LogP contribution in [0.5, 0.6) is 0 Å². The maximum Gasteiger partial charge on any atom is 0.272 e. The molecule has 0 atom stereocenters. The van der Waals surface area contributed by atoms with Crippen LogP contribution >= 0.6 is 35.6 Å². The summed E-state index contributed by atoms with van der Waals surface area (Å²) in [7, 11) is 5.11. The molecule has 1 aromatic carbocycles. The SMILES string of the molecule is Cl.Cn1cc(NC(=O)c2cc(NC(=O)c3cc(NC(=O)c4ccc(N(CCCl)CCCl)cc4)cn3C)cn2C)cc1C(=O)NCCC1=NCCN1. The maximum absolute atomic E-state index is 13.2. The fraction of sp³-hybridized carbons (Fsp3) is 0.324. The fourth-order valence-electron chi connectivity index (χ4n) is 5.57. The van der Waals surface area contributed by atoms with Gasteiger partial charge >= 0.3 is 0 Å². The molecule has 5 rings (SSSR count). The van der Waals surface area contributed by atoms with E-state index in [1.165, 1.54) is 0 Å². The number of aryl methyl sites for hydroxylation is 3. The number of carbonyl (C=O) groups is 4. The minimum Gasteiger partial charge on any atom is -0.372 e. The van der Waals surface area contributed by atoms with E-state index >= 15 is 0 Å². The molecule has 272 valence electrons. The molecule has 4 aromatic rings. The Balaban J connectivity index is 0.00000583. The van der Waals surface area contributed by atoms with Crippen molar-refractivity contribution in [3.05, 3.63) is 83.7 Å². The van der Waals surface area contributed by atoms with Gasteiger partial charge in [0, 0.05) is 95.3 Å². The molecular weight excluding hydrogens is 719 g/mol. The largest absolute Gasteiger partial charge is 0.372 e. The molecule has 0 fully saturated rings. The van der Waals surface area contributed by atoms with Crippen LogP contribution in [0.1, 0.15) is 48.2 Å². The van der Waals surface area contributed by atoms with Gasteiger partial charge in [0.15, 0.2) is 0 Å². The Kier molecular flexibility index (Phi) is 13.6. The lowest BCUT2D eigenvalue weighted by Crippen LogP contribution is -2.30. The lowest BCUT2D eigenvalue weighted by atomic mass is 10.1. The van der Waals surface area contributed by atoms with Gasteiger partial charge in [-0.25, -0.2) is 0 Å². The highest BCUT2D eigenvalue weighted by Crippen LogP contribution is 2.21. The first-order valence-electron chi connectivity index (χ1n) is 16.0. The van der Waals surface area contributed by atoms with Crippen LogP contribution in [0.3, 0.4) is 0 Å². The van der Waals surface area contributed by atoms with Crippen molar-refractivity contribution in [2.45, 2.75) is 6.42 Å². The van der Waals surface area contributed by atoms with Crippen molar-refractivity contribution in [1.82, 2.24) is 24.3 Å². The van der Waals surface area contributed by atoms with Crippen LogP contribution in [-0.2, 0) is 21.1 Å². The molecule has 0 saturated carbocycles. The summed E-state index contributed by atoms with van der Waals surface area (Å²) in [6.45, 7) is 3.28. The summed E-state index contributed by atoms with van der Waals surface area (Å²) in [5, 5.41) is 14.5. The van der Waals surface area contributed by atoms with Crippen molar-refractivity contribution in [1.29, 1.82) is 0 Å². The number of aromatic nitrogens is 3. The number of hydrogen-bond donors (Lipinski definition) is 5. The number of carbonyl (C=O) groups excluding carboxylic acids is 4. The first-order chi connectivity index (χ1) is 24.1. The maximum atomic E-state index is 13.2. The number of aliphatic imine (C=N–C) groups is 1. The molecule has 3 aromatic heterocycles. The van der Waals surface area contributed by atoms with Gasteiger partial charge in [-0.2, -0.15) is 0 Å². The van der Waals surface area contributed by atoms with Crippen molar-refractivity contribution < 1.29 is 19.2 Å². The third-order valence-electron chi connectivity index (χ3n) is 8.08. The van der Waals surface area contributed by atoms with Gasteiger partial charge in [0.1, 0.15) is 17.1 Å². The van der Waals surface area contributed by atoms with Crippen LogP contribution < -0.4 is 31.5 Å². The number of hydrogen-bond acceptors (Lipinski definition) is 7. The van der Waals surface area contributed by atoms with E-state index in [0.717, 1.165) is 24.6 Å². The van der Waals surface area contributed by atoms with Crippen LogP contribution in [0.4, 0.5) is 22.7 Å². The van der Waals surface area contributed by atoms with E-state index in [9.17, 15) is 19.2 Å². The zero-order chi connectivity index (χ0) is 35.8. The minimum atomic E-state index is -0.428. The standard InChI is InChI=1S/C34H40Cl2N10O4.ClH/c1-43-20-24(16-27(43)32(48)39-11-8-30-37-12-13-38-30)41-34(50)29-18-25(21-45(29)3)42-33(49)28-17-23(19-44(28)2)40-31(47)22-4-6-26(7-5-22)46(14-9-35)15-10-36;/h4-7,16-21H,8-15H2,1-3H3,(H,37,38)(H,39,48)(H,40,47)(H,41,50)(H,42,49);1H. The number of alkyl halides is 2. The normalized spacial score (nSPS) is 12.0. The number of nitrogens with zero attached hydrogens (tertiary/aromatic N) is 5. The Bertz CT molecular complexity index is 1890. The first-order valence-corrected chi connectivity index (χ1v) is 17.1. The first kappa shape index (κ1) is 38.9. The molecule has 1 aliphatic heterocycles. The van der Waals surface area contributed by atoms with Gasteiger partial charge in [0.2, 0.25) is 0 Å². The van der Waals surface area contributed by atoms with Gasteiger partial charge in [0.05, 0.1) is 29.4 Å². The number of nitrogens with one attached hydrogen (secondary N) is 5. The van der Waals surface area contributed by atoms with Crippen molar-refractivity contribution in [3.8, 4) is 0 Å². The number of halogens is 3. The predicted molar refractivity (Wildman–Crippen MR) is 205 cm³/mol. The fourth-order valence-corrected chi connectivity index (χ4v) is 5.97. The molecule has 0 radical (unpaired) electrons. The van der Waals surface area contributed by atoms with Crippen molar-refractivity contribution in [3.63, 3.8) is 0 Å². The summed E-state index contributed by atoms with van der Waals surface area (Å²) in [5.74, 6) is 0.360. The summed E-state index contributed by atoms with van der Waals surface area (Å²) in [5.41, 5.74) is 3.65. The second-order valence-electron chi connectivity index (χ2n) is 11.7. The van der Waals surface area contributed by atoms with Crippen molar-refractivity contribution >= 4 is 87.8 Å². The second-order valence-corrected chi connectivity index (χ2v) is 12.5. The molecule has 0 bridgehead atoms. The smallest absolute Gasteiger partial charge is 0.272 e. The zero-order valence-corrected chi connectivity index (χ0v) is 30.8. The molecule has 17 heteroatoms. The third-order valence-corrected chi connectivity index (χ3v) is 8.42. The quantitative estimate of drug-likeness (QED) is 0.114. The average molecular weight is 760 g/mol. The molecule has 4 heterocycles. The molecule has 4 amide bonds. The van der Waals surface area contributed by atoms with E-state index in [4.69, 9.17) is 23.2 Å². The van der Waals surface area contributed by atoms with Crippen LogP contribution in [-0.4, -0.2) is 87.6 Å². The number of rotatable bonds is 15. The summed E-state index contributed by atoms with van der Waals surface area (Å²) in [6, 6.07) is 11.9. The summed E-state index contributed by atoms with van der Waals surface area (Å²) in [4.78, 5) is 58.4. The van der Waals surface area contributed by atoms with Gasteiger partial charge < -0.3 is 45.2 Å². The van der Waals surface area contributed by atoms with Gasteiger partial charge in [0.25, 0.3) is 23.6 Å². The van der Waals surface area contributed by atoms with E-state index in [1.807, 2.05) is 17.0 Å². The molecule has 0 aliphatic carbocycles. The highest BCUT2D eigenvalue weighted by molar-refractivity contribution is 6.18. The Hall–Kier alpha value is -4.92. The van der Waals surface area contributed by atoms with Gasteiger partial charge in [-0.15, -0.1) is 35.6 Å². The molecule has 5 N–H and O–H groups in total.